The number of aryl methyl sites for hydroxylation is 1. The van der Waals surface area contributed by atoms with E-state index in [4.69, 9.17) is 9.84 Å². The van der Waals surface area contributed by atoms with E-state index >= 15 is 0 Å². The van der Waals surface area contributed by atoms with Gasteiger partial charge in [-0.2, -0.15) is 4.31 Å². The van der Waals surface area contributed by atoms with E-state index in [0.717, 1.165) is 4.31 Å². The van der Waals surface area contributed by atoms with Crippen LogP contribution in [0.25, 0.3) is 0 Å². The Morgan fingerprint density at radius 1 is 1.45 bits per heavy atom. The fraction of sp³-hybridized carbons (Fsp3) is 0.417. The van der Waals surface area contributed by atoms with Crippen molar-refractivity contribution in [2.45, 2.75) is 11.8 Å². The van der Waals surface area contributed by atoms with Crippen molar-refractivity contribution in [3.8, 4) is 0 Å². The van der Waals surface area contributed by atoms with Gasteiger partial charge in [-0.3, -0.25) is 4.79 Å². The summed E-state index contributed by atoms with van der Waals surface area (Å²) in [7, 11) is -2.45. The van der Waals surface area contributed by atoms with Crippen LogP contribution in [0, 0.1) is 6.92 Å². The summed E-state index contributed by atoms with van der Waals surface area (Å²) in [6, 6.07) is 4.85. The Morgan fingerprint density at radius 3 is 2.65 bits per heavy atom. The molecular formula is C12H16BrNO5S. The molecule has 8 heteroatoms. The van der Waals surface area contributed by atoms with Crippen molar-refractivity contribution in [3.63, 3.8) is 0 Å². The summed E-state index contributed by atoms with van der Waals surface area (Å²) >= 11 is 3.22. The van der Waals surface area contributed by atoms with Crippen LogP contribution in [-0.2, 0) is 19.6 Å². The molecule has 0 unspecified atom stereocenters. The zero-order chi connectivity index (χ0) is 15.3. The molecule has 6 nitrogen and oxygen atoms in total. The Morgan fingerprint density at radius 2 is 2.10 bits per heavy atom. The van der Waals surface area contributed by atoms with E-state index < -0.39 is 22.5 Å². The van der Waals surface area contributed by atoms with Crippen LogP contribution in [0.5, 0.6) is 0 Å². The molecule has 0 bridgehead atoms. The zero-order valence-corrected chi connectivity index (χ0v) is 13.6. The molecule has 1 rings (SSSR count). The van der Waals surface area contributed by atoms with Crippen LogP contribution in [0.3, 0.4) is 0 Å². The van der Waals surface area contributed by atoms with Gasteiger partial charge in [0.1, 0.15) is 6.54 Å². The number of carbonyl (C=O) groups is 1. The predicted octanol–water partition coefficient (Wildman–Crippen LogP) is 1.48. The molecule has 0 aliphatic heterocycles. The normalized spacial score (nSPS) is 11.8. The minimum Gasteiger partial charge on any atom is -0.480 e. The van der Waals surface area contributed by atoms with Gasteiger partial charge in [0.2, 0.25) is 10.0 Å². The molecule has 20 heavy (non-hydrogen) atoms. The molecule has 0 heterocycles. The standard InChI is InChI=1S/C12H16BrNO5S/c1-9-3-4-10(13)7-11(9)20(17,18)14(5-6-19-2)8-12(15)16/h3-4,7H,5-6,8H2,1-2H3,(H,15,16). The number of rotatable bonds is 7. The quantitative estimate of drug-likeness (QED) is 0.790. The number of carboxylic acid groups (broad SMARTS) is 1. The van der Waals surface area contributed by atoms with Gasteiger partial charge in [-0.15, -0.1) is 0 Å². The molecule has 0 aromatic heterocycles. The third-order valence-corrected chi connectivity index (χ3v) is 5.10. The van der Waals surface area contributed by atoms with Gasteiger partial charge in [-0.05, 0) is 24.6 Å². The largest absolute Gasteiger partial charge is 0.480 e. The molecule has 0 atom stereocenters. The van der Waals surface area contributed by atoms with Crippen LogP contribution < -0.4 is 0 Å². The van der Waals surface area contributed by atoms with Crippen LogP contribution >= 0.6 is 15.9 Å². The van der Waals surface area contributed by atoms with Gasteiger partial charge in [0.15, 0.2) is 0 Å². The van der Waals surface area contributed by atoms with Gasteiger partial charge in [-0.25, -0.2) is 8.42 Å². The van der Waals surface area contributed by atoms with Gasteiger partial charge < -0.3 is 9.84 Å². The van der Waals surface area contributed by atoms with Crippen LogP contribution in [0.2, 0.25) is 0 Å². The third kappa shape index (κ3) is 4.27. The lowest BCUT2D eigenvalue weighted by Gasteiger charge is -2.21. The summed E-state index contributed by atoms with van der Waals surface area (Å²) in [5, 5.41) is 8.86. The van der Waals surface area contributed by atoms with E-state index in [1.165, 1.54) is 13.2 Å². The second-order valence-corrected chi connectivity index (χ2v) is 6.96. The summed E-state index contributed by atoms with van der Waals surface area (Å²) in [4.78, 5) is 10.9. The summed E-state index contributed by atoms with van der Waals surface area (Å²) in [6.45, 7) is 1.17. The maximum absolute atomic E-state index is 12.5. The molecular weight excluding hydrogens is 350 g/mol. The van der Waals surface area contributed by atoms with Crippen molar-refractivity contribution >= 4 is 31.9 Å². The first kappa shape index (κ1) is 17.1. The Kier molecular flexibility index (Phi) is 6.12. The smallest absolute Gasteiger partial charge is 0.318 e. The topological polar surface area (TPSA) is 83.9 Å². The molecule has 0 aliphatic rings. The Bertz CT molecular complexity index is 588. The lowest BCUT2D eigenvalue weighted by molar-refractivity contribution is -0.137. The molecule has 112 valence electrons. The van der Waals surface area contributed by atoms with Crippen LogP contribution in [0.4, 0.5) is 0 Å². The highest BCUT2D eigenvalue weighted by Gasteiger charge is 2.27. The van der Waals surface area contributed by atoms with Crippen LogP contribution in [-0.4, -0.2) is 50.6 Å². The molecule has 0 fully saturated rings. The number of methoxy groups -OCH3 is 1. The second kappa shape index (κ2) is 7.16. The van der Waals surface area contributed by atoms with E-state index in [9.17, 15) is 13.2 Å². The molecule has 0 radical (unpaired) electrons. The zero-order valence-electron chi connectivity index (χ0n) is 11.2. The summed E-state index contributed by atoms with van der Waals surface area (Å²) < 4.78 is 31.4. The molecule has 1 aromatic rings. The number of hydrogen-bond donors (Lipinski definition) is 1. The van der Waals surface area contributed by atoms with Gasteiger partial charge in [0, 0.05) is 18.1 Å². The first-order chi connectivity index (χ1) is 9.28. The van der Waals surface area contributed by atoms with Gasteiger partial charge in [0.05, 0.1) is 11.5 Å². The molecule has 0 amide bonds. The highest BCUT2D eigenvalue weighted by Crippen LogP contribution is 2.23. The van der Waals surface area contributed by atoms with E-state index in [1.807, 2.05) is 0 Å². The van der Waals surface area contributed by atoms with Crippen molar-refractivity contribution in [2.75, 3.05) is 26.8 Å². The SMILES string of the molecule is COCCN(CC(=O)O)S(=O)(=O)c1cc(Br)ccc1C. The number of carboxylic acids is 1. The predicted molar refractivity (Wildman–Crippen MR) is 77.1 cm³/mol. The van der Waals surface area contributed by atoms with E-state index in [-0.39, 0.29) is 18.0 Å². The third-order valence-electron chi connectivity index (χ3n) is 2.62. The van der Waals surface area contributed by atoms with Crippen molar-refractivity contribution in [3.05, 3.63) is 28.2 Å². The average Bonchev–Trinajstić information content (AvgIpc) is 2.36. The fourth-order valence-corrected chi connectivity index (χ4v) is 3.76. The van der Waals surface area contributed by atoms with Crippen molar-refractivity contribution in [1.29, 1.82) is 0 Å². The number of nitrogens with zero attached hydrogens (tertiary/aromatic N) is 1. The number of sulfonamides is 1. The van der Waals surface area contributed by atoms with E-state index in [1.54, 1.807) is 19.1 Å². The number of benzene rings is 1. The minimum atomic E-state index is -3.88. The minimum absolute atomic E-state index is 0.0168. The highest BCUT2D eigenvalue weighted by atomic mass is 79.9. The lowest BCUT2D eigenvalue weighted by Crippen LogP contribution is -2.38. The summed E-state index contributed by atoms with van der Waals surface area (Å²) in [5.74, 6) is -1.21. The molecule has 0 aliphatic carbocycles. The first-order valence-electron chi connectivity index (χ1n) is 5.76. The Balaban J connectivity index is 3.20. The van der Waals surface area contributed by atoms with Crippen LogP contribution in [0.1, 0.15) is 5.56 Å². The Hall–Kier alpha value is -0.960. The van der Waals surface area contributed by atoms with E-state index in [0.29, 0.717) is 10.0 Å². The van der Waals surface area contributed by atoms with Crippen molar-refractivity contribution in [2.24, 2.45) is 0 Å². The van der Waals surface area contributed by atoms with Gasteiger partial charge in [0.25, 0.3) is 0 Å². The molecule has 0 spiro atoms. The van der Waals surface area contributed by atoms with Gasteiger partial charge >= 0.3 is 5.97 Å². The van der Waals surface area contributed by atoms with Gasteiger partial charge in [-0.1, -0.05) is 22.0 Å². The van der Waals surface area contributed by atoms with E-state index in [2.05, 4.69) is 15.9 Å². The maximum Gasteiger partial charge on any atom is 0.318 e. The average molecular weight is 366 g/mol. The lowest BCUT2D eigenvalue weighted by atomic mass is 10.2. The number of hydrogen-bond acceptors (Lipinski definition) is 4. The maximum atomic E-state index is 12.5. The highest BCUT2D eigenvalue weighted by molar-refractivity contribution is 9.10. The van der Waals surface area contributed by atoms with Crippen LogP contribution in [0.15, 0.2) is 27.6 Å². The monoisotopic (exact) mass is 365 g/mol. The molecule has 0 saturated heterocycles. The molecule has 1 N–H and O–H groups in total. The molecule has 0 saturated carbocycles. The summed E-state index contributed by atoms with van der Waals surface area (Å²) in [6.07, 6.45) is 0. The van der Waals surface area contributed by atoms with Crippen molar-refractivity contribution in [1.82, 2.24) is 4.31 Å². The summed E-state index contributed by atoms with van der Waals surface area (Å²) in [5.41, 5.74) is 0.556. The number of aliphatic carboxylic acids is 1. The number of ether oxygens (including phenoxy) is 1. The Labute approximate surface area is 126 Å². The second-order valence-electron chi connectivity index (χ2n) is 4.13. The molecule has 1 aromatic carbocycles. The fourth-order valence-electron chi connectivity index (χ4n) is 1.62. The number of halogens is 1. The van der Waals surface area contributed by atoms with Crippen molar-refractivity contribution < 1.29 is 23.1 Å². The first-order valence-corrected chi connectivity index (χ1v) is 7.99.